The summed E-state index contributed by atoms with van der Waals surface area (Å²) in [5.41, 5.74) is 0.0903. The molecule has 1 saturated heterocycles. The van der Waals surface area contributed by atoms with Crippen molar-refractivity contribution in [1.29, 1.82) is 0 Å². The lowest BCUT2D eigenvalue weighted by molar-refractivity contribution is -0.134. The number of carbonyl (C=O) groups is 1. The van der Waals surface area contributed by atoms with Crippen molar-refractivity contribution in [1.82, 2.24) is 4.90 Å². The summed E-state index contributed by atoms with van der Waals surface area (Å²) in [6.45, 7) is 1.94. The van der Waals surface area contributed by atoms with Crippen molar-refractivity contribution in [3.05, 3.63) is 0 Å². The first-order chi connectivity index (χ1) is 6.26. The van der Waals surface area contributed by atoms with Crippen LogP contribution in [0.4, 0.5) is 0 Å². The van der Waals surface area contributed by atoms with Crippen LogP contribution in [0.5, 0.6) is 0 Å². The number of aliphatic hydroxyl groups is 1. The lowest BCUT2D eigenvalue weighted by Crippen LogP contribution is -2.40. The largest absolute Gasteiger partial charge is 0.396 e. The highest BCUT2D eigenvalue weighted by molar-refractivity contribution is 5.76. The maximum absolute atomic E-state index is 11.5. The first kappa shape index (κ1) is 9.00. The maximum Gasteiger partial charge on any atom is 0.222 e. The zero-order chi connectivity index (χ0) is 9.31. The molecule has 2 aliphatic rings. The third-order valence-electron chi connectivity index (χ3n) is 3.24. The van der Waals surface area contributed by atoms with E-state index < -0.39 is 0 Å². The van der Waals surface area contributed by atoms with Gasteiger partial charge in [-0.25, -0.2) is 0 Å². The van der Waals surface area contributed by atoms with Gasteiger partial charge in [0.1, 0.15) is 0 Å². The van der Waals surface area contributed by atoms with Gasteiger partial charge < -0.3 is 10.0 Å². The van der Waals surface area contributed by atoms with Gasteiger partial charge in [0.25, 0.3) is 0 Å². The Bertz CT molecular complexity index is 211. The first-order valence-corrected chi connectivity index (χ1v) is 5.14. The van der Waals surface area contributed by atoms with Gasteiger partial charge in [-0.3, -0.25) is 4.79 Å². The fourth-order valence-corrected chi connectivity index (χ4v) is 1.98. The predicted octanol–water partition coefficient (Wildman–Crippen LogP) is 0.771. The molecule has 0 atom stereocenters. The molecule has 1 aliphatic heterocycles. The van der Waals surface area contributed by atoms with Crippen molar-refractivity contribution in [3.63, 3.8) is 0 Å². The SMILES string of the molecule is O=C1CCCCN1CC1(CO)CC1. The Morgan fingerprint density at radius 2 is 2.15 bits per heavy atom. The Hall–Kier alpha value is -0.570. The lowest BCUT2D eigenvalue weighted by atomic mass is 10.0. The van der Waals surface area contributed by atoms with Gasteiger partial charge >= 0.3 is 0 Å². The summed E-state index contributed by atoms with van der Waals surface area (Å²) in [7, 11) is 0. The van der Waals surface area contributed by atoms with E-state index in [9.17, 15) is 4.79 Å². The number of carbonyl (C=O) groups excluding carboxylic acids is 1. The number of hydrogen-bond acceptors (Lipinski definition) is 2. The number of hydrogen-bond donors (Lipinski definition) is 1. The lowest BCUT2D eigenvalue weighted by Gasteiger charge is -2.30. The number of nitrogens with zero attached hydrogens (tertiary/aromatic N) is 1. The molecule has 2 rings (SSSR count). The summed E-state index contributed by atoms with van der Waals surface area (Å²) >= 11 is 0. The number of rotatable bonds is 3. The third-order valence-corrected chi connectivity index (χ3v) is 3.24. The van der Waals surface area contributed by atoms with E-state index in [-0.39, 0.29) is 17.9 Å². The second kappa shape index (κ2) is 3.29. The van der Waals surface area contributed by atoms with Crippen LogP contribution < -0.4 is 0 Å². The van der Waals surface area contributed by atoms with Crippen LogP contribution in [-0.4, -0.2) is 35.6 Å². The number of amides is 1. The quantitative estimate of drug-likeness (QED) is 0.702. The Balaban J connectivity index is 1.89. The van der Waals surface area contributed by atoms with Gasteiger partial charge in [0.15, 0.2) is 0 Å². The van der Waals surface area contributed by atoms with Crippen LogP contribution in [0.25, 0.3) is 0 Å². The molecule has 74 valence electrons. The van der Waals surface area contributed by atoms with E-state index in [2.05, 4.69) is 0 Å². The second-order valence-corrected chi connectivity index (χ2v) is 4.43. The van der Waals surface area contributed by atoms with E-state index >= 15 is 0 Å². The highest BCUT2D eigenvalue weighted by Crippen LogP contribution is 2.45. The van der Waals surface area contributed by atoms with Crippen LogP contribution in [0.15, 0.2) is 0 Å². The molecule has 0 aromatic rings. The average Bonchev–Trinajstić information content (AvgIpc) is 2.90. The van der Waals surface area contributed by atoms with Gasteiger partial charge in [-0.2, -0.15) is 0 Å². The monoisotopic (exact) mass is 183 g/mol. The molecule has 3 heteroatoms. The maximum atomic E-state index is 11.5. The molecular weight excluding hydrogens is 166 g/mol. The van der Waals surface area contributed by atoms with E-state index in [1.807, 2.05) is 4.90 Å². The first-order valence-electron chi connectivity index (χ1n) is 5.14. The Morgan fingerprint density at radius 3 is 2.69 bits per heavy atom. The van der Waals surface area contributed by atoms with Crippen molar-refractivity contribution >= 4 is 5.91 Å². The van der Waals surface area contributed by atoms with Crippen LogP contribution in [0.2, 0.25) is 0 Å². The van der Waals surface area contributed by atoms with Crippen LogP contribution in [-0.2, 0) is 4.79 Å². The molecule has 1 N–H and O–H groups in total. The number of aliphatic hydroxyl groups excluding tert-OH is 1. The fourth-order valence-electron chi connectivity index (χ4n) is 1.98. The van der Waals surface area contributed by atoms with Gasteiger partial charge in [0, 0.05) is 24.9 Å². The summed E-state index contributed by atoms with van der Waals surface area (Å²) in [5.74, 6) is 0.283. The minimum absolute atomic E-state index is 0.0903. The normalized spacial score (nSPS) is 26.2. The second-order valence-electron chi connectivity index (χ2n) is 4.43. The van der Waals surface area contributed by atoms with E-state index in [4.69, 9.17) is 5.11 Å². The molecule has 3 nitrogen and oxygen atoms in total. The standard InChI is InChI=1S/C10H17NO2/c12-8-10(4-5-10)7-11-6-2-1-3-9(11)13/h12H,1-8H2. The third kappa shape index (κ3) is 1.85. The van der Waals surface area contributed by atoms with E-state index in [0.29, 0.717) is 6.42 Å². The van der Waals surface area contributed by atoms with Crippen LogP contribution in [0.3, 0.4) is 0 Å². The van der Waals surface area contributed by atoms with Crippen LogP contribution >= 0.6 is 0 Å². The predicted molar refractivity (Wildman–Crippen MR) is 49.2 cm³/mol. The molecule has 0 radical (unpaired) electrons. The Labute approximate surface area is 78.7 Å². The van der Waals surface area contributed by atoms with Crippen molar-refractivity contribution in [2.24, 2.45) is 5.41 Å². The van der Waals surface area contributed by atoms with E-state index in [1.54, 1.807) is 0 Å². The molecule has 1 heterocycles. The van der Waals surface area contributed by atoms with Crippen molar-refractivity contribution < 1.29 is 9.90 Å². The molecule has 0 spiro atoms. The summed E-state index contributed by atoms with van der Waals surface area (Å²) < 4.78 is 0. The van der Waals surface area contributed by atoms with Gasteiger partial charge in [-0.15, -0.1) is 0 Å². The summed E-state index contributed by atoms with van der Waals surface area (Å²) in [6, 6.07) is 0. The van der Waals surface area contributed by atoms with Crippen molar-refractivity contribution in [2.45, 2.75) is 32.1 Å². The highest BCUT2D eigenvalue weighted by Gasteiger charge is 2.44. The number of likely N-dealkylation sites (tertiary alicyclic amines) is 1. The van der Waals surface area contributed by atoms with Crippen molar-refractivity contribution in [2.75, 3.05) is 19.7 Å². The molecule has 0 bridgehead atoms. The summed E-state index contributed by atoms with van der Waals surface area (Å²) in [5, 5.41) is 9.14. The molecule has 1 amide bonds. The van der Waals surface area contributed by atoms with E-state index in [1.165, 1.54) is 0 Å². The zero-order valence-electron chi connectivity index (χ0n) is 7.96. The average molecular weight is 183 g/mol. The minimum Gasteiger partial charge on any atom is -0.396 e. The fraction of sp³-hybridized carbons (Fsp3) is 0.900. The molecule has 1 aliphatic carbocycles. The van der Waals surface area contributed by atoms with Gasteiger partial charge in [0.2, 0.25) is 5.91 Å². The molecular formula is C10H17NO2. The molecule has 0 unspecified atom stereocenters. The Morgan fingerprint density at radius 1 is 1.38 bits per heavy atom. The van der Waals surface area contributed by atoms with Gasteiger partial charge in [-0.05, 0) is 25.7 Å². The smallest absolute Gasteiger partial charge is 0.222 e. The molecule has 0 aromatic carbocycles. The molecule has 2 fully saturated rings. The molecule has 13 heavy (non-hydrogen) atoms. The van der Waals surface area contributed by atoms with Crippen molar-refractivity contribution in [3.8, 4) is 0 Å². The van der Waals surface area contributed by atoms with Gasteiger partial charge in [0.05, 0.1) is 6.61 Å². The molecule has 0 aromatic heterocycles. The van der Waals surface area contributed by atoms with E-state index in [0.717, 1.165) is 38.8 Å². The Kier molecular flexibility index (Phi) is 2.28. The topological polar surface area (TPSA) is 40.5 Å². The minimum atomic E-state index is 0.0903. The zero-order valence-corrected chi connectivity index (χ0v) is 7.96. The van der Waals surface area contributed by atoms with Crippen LogP contribution in [0.1, 0.15) is 32.1 Å². The van der Waals surface area contributed by atoms with Gasteiger partial charge in [-0.1, -0.05) is 0 Å². The highest BCUT2D eigenvalue weighted by atomic mass is 16.3. The number of piperidine rings is 1. The summed E-state index contributed by atoms with van der Waals surface area (Å²) in [4.78, 5) is 13.4. The van der Waals surface area contributed by atoms with Crippen LogP contribution in [0, 0.1) is 5.41 Å². The summed E-state index contributed by atoms with van der Waals surface area (Å²) in [6.07, 6.45) is 5.07. The molecule has 1 saturated carbocycles.